The van der Waals surface area contributed by atoms with E-state index in [-0.39, 0.29) is 18.0 Å². The molecule has 5 heterocycles. The highest BCUT2D eigenvalue weighted by Gasteiger charge is 2.47. The molecule has 3 aliphatic rings. The molecule has 0 unspecified atom stereocenters. The van der Waals surface area contributed by atoms with E-state index in [1.165, 1.54) is 4.31 Å². The smallest absolute Gasteiger partial charge is 0.277 e. The number of aryl methyl sites for hydroxylation is 1. The van der Waals surface area contributed by atoms with Crippen molar-refractivity contribution in [1.82, 2.24) is 19.3 Å². The fraction of sp³-hybridized carbons (Fsp3) is 0.360. The summed E-state index contributed by atoms with van der Waals surface area (Å²) in [5.74, 6) is 1.03. The summed E-state index contributed by atoms with van der Waals surface area (Å²) in [6.45, 7) is 6.46. The van der Waals surface area contributed by atoms with Gasteiger partial charge in [0, 0.05) is 54.5 Å². The topological polar surface area (TPSA) is 156 Å². The Labute approximate surface area is 220 Å². The average molecular weight is 537 g/mol. The van der Waals surface area contributed by atoms with E-state index in [0.29, 0.717) is 36.3 Å². The summed E-state index contributed by atoms with van der Waals surface area (Å²) in [6.07, 6.45) is 4.08. The van der Waals surface area contributed by atoms with Gasteiger partial charge in [-0.15, -0.1) is 0 Å². The number of nitrogens with two attached hydrogens (primary N) is 1. The van der Waals surface area contributed by atoms with Crippen molar-refractivity contribution in [1.29, 1.82) is 0 Å². The fourth-order valence-electron chi connectivity index (χ4n) is 5.34. The van der Waals surface area contributed by atoms with E-state index in [0.717, 1.165) is 28.9 Å². The van der Waals surface area contributed by atoms with Crippen molar-refractivity contribution in [2.24, 2.45) is 5.14 Å². The number of hydrogen-bond donors (Lipinski definition) is 3. The van der Waals surface area contributed by atoms with Crippen LogP contribution in [0.2, 0.25) is 0 Å². The highest BCUT2D eigenvalue weighted by molar-refractivity contribution is 7.86. The van der Waals surface area contributed by atoms with Gasteiger partial charge in [-0.3, -0.25) is 4.79 Å². The molecule has 2 saturated heterocycles. The van der Waals surface area contributed by atoms with Crippen LogP contribution in [0.15, 0.2) is 42.7 Å². The number of nitrogens with one attached hydrogen (secondary N) is 2. The molecule has 2 aromatic heterocycles. The number of benzene rings is 1. The maximum absolute atomic E-state index is 12.1. The van der Waals surface area contributed by atoms with Gasteiger partial charge in [-0.05, 0) is 63.1 Å². The molecule has 3 aromatic rings. The number of rotatable bonds is 5. The van der Waals surface area contributed by atoms with Crippen molar-refractivity contribution >= 4 is 39.3 Å². The van der Waals surface area contributed by atoms with Crippen LogP contribution in [0, 0.1) is 6.92 Å². The fourth-order valence-corrected chi connectivity index (χ4v) is 6.29. The molecule has 2 fully saturated rings. The van der Waals surface area contributed by atoms with Gasteiger partial charge in [0.25, 0.3) is 16.1 Å². The first-order valence-electron chi connectivity index (χ1n) is 12.3. The number of hydrogen-bond acceptors (Lipinski definition) is 9. The second-order valence-corrected chi connectivity index (χ2v) is 11.8. The molecule has 3 aliphatic heterocycles. The number of carbonyl (C=O) groups excluding carboxylic acids is 1. The van der Waals surface area contributed by atoms with Gasteiger partial charge in [0.2, 0.25) is 5.95 Å². The second kappa shape index (κ2) is 8.61. The molecular weight excluding hydrogens is 508 g/mol. The number of carbonyl (C=O) groups is 1. The Morgan fingerprint density at radius 1 is 1.16 bits per heavy atom. The van der Waals surface area contributed by atoms with Crippen molar-refractivity contribution < 1.29 is 17.9 Å². The Hall–Kier alpha value is -3.81. The second-order valence-electron chi connectivity index (χ2n) is 10.3. The Morgan fingerprint density at radius 2 is 1.97 bits per heavy atom. The van der Waals surface area contributed by atoms with E-state index in [1.54, 1.807) is 38.4 Å². The maximum atomic E-state index is 12.1. The first kappa shape index (κ1) is 24.5. The van der Waals surface area contributed by atoms with Crippen LogP contribution < -0.4 is 25.4 Å². The summed E-state index contributed by atoms with van der Waals surface area (Å²) < 4.78 is 30.9. The molecule has 13 heteroatoms. The van der Waals surface area contributed by atoms with Crippen LogP contribution in [-0.2, 0) is 15.0 Å². The lowest BCUT2D eigenvalue weighted by Crippen LogP contribution is -2.50. The standard InChI is InChI=1S/C25H28N8O4S/c1-14-8-16(4-5-20(14)32-12-18-10-17(32)13-33(18)38(26,35)36)29-24-27-7-6-19(30-24)15-9-21-22(28-11-15)31-23(34)25(2,3)37-21/h4-9,11,17-18H,10,12-13H2,1-3H3,(H2,26,35,36)(H,27,29,30)(H,28,31,34)/t17-,18-/m0/s1. The molecule has 198 valence electrons. The Balaban J connectivity index is 1.19. The molecule has 4 N–H and O–H groups in total. The quantitative estimate of drug-likeness (QED) is 0.445. The number of nitrogens with zero attached hydrogens (tertiary/aromatic N) is 5. The number of piperazine rings is 1. The molecule has 2 atom stereocenters. The maximum Gasteiger partial charge on any atom is 0.277 e. The molecule has 12 nitrogen and oxygen atoms in total. The van der Waals surface area contributed by atoms with Gasteiger partial charge in [0.15, 0.2) is 17.2 Å². The third kappa shape index (κ3) is 4.31. The van der Waals surface area contributed by atoms with E-state index in [1.807, 2.05) is 25.1 Å². The van der Waals surface area contributed by atoms with Gasteiger partial charge in [-0.2, -0.15) is 12.7 Å². The summed E-state index contributed by atoms with van der Waals surface area (Å²) in [6, 6.07) is 9.62. The highest BCUT2D eigenvalue weighted by Crippen LogP contribution is 2.38. The lowest BCUT2D eigenvalue weighted by molar-refractivity contribution is -0.129. The Bertz CT molecular complexity index is 1560. The van der Waals surface area contributed by atoms with Gasteiger partial charge in [0.1, 0.15) is 0 Å². The van der Waals surface area contributed by atoms with Crippen LogP contribution in [-0.4, -0.2) is 64.4 Å². The minimum absolute atomic E-state index is 0.0887. The van der Waals surface area contributed by atoms with E-state index in [2.05, 4.69) is 30.5 Å². The van der Waals surface area contributed by atoms with Crippen LogP contribution in [0.3, 0.4) is 0 Å². The van der Waals surface area contributed by atoms with Crippen LogP contribution in [0.5, 0.6) is 5.75 Å². The normalized spacial score (nSPS) is 22.1. The lowest BCUT2D eigenvalue weighted by Gasteiger charge is -2.35. The minimum atomic E-state index is -3.67. The van der Waals surface area contributed by atoms with Crippen molar-refractivity contribution in [2.45, 2.75) is 44.9 Å². The predicted octanol–water partition coefficient (Wildman–Crippen LogP) is 2.17. The number of fused-ring (bicyclic) bond motifs is 3. The molecule has 0 spiro atoms. The van der Waals surface area contributed by atoms with Crippen LogP contribution in [0.25, 0.3) is 11.3 Å². The molecule has 1 aromatic carbocycles. The monoisotopic (exact) mass is 536 g/mol. The van der Waals surface area contributed by atoms with Crippen LogP contribution in [0.1, 0.15) is 25.8 Å². The van der Waals surface area contributed by atoms with Crippen LogP contribution >= 0.6 is 0 Å². The number of pyridine rings is 1. The first-order valence-corrected chi connectivity index (χ1v) is 13.8. The van der Waals surface area contributed by atoms with Gasteiger partial charge in [-0.1, -0.05) is 0 Å². The third-order valence-corrected chi connectivity index (χ3v) is 8.33. The highest BCUT2D eigenvalue weighted by atomic mass is 32.2. The molecule has 1 amide bonds. The summed E-state index contributed by atoms with van der Waals surface area (Å²) in [5.41, 5.74) is 3.34. The van der Waals surface area contributed by atoms with Crippen molar-refractivity contribution in [3.05, 3.63) is 48.3 Å². The van der Waals surface area contributed by atoms with Crippen molar-refractivity contribution in [3.63, 3.8) is 0 Å². The van der Waals surface area contributed by atoms with Gasteiger partial charge in [-0.25, -0.2) is 20.1 Å². The SMILES string of the molecule is Cc1cc(Nc2nccc(-c3cnc4c(c3)OC(C)(C)C(=O)N4)n2)ccc1N1C[C@@H]2C[C@H]1CN2S(N)(=O)=O. The van der Waals surface area contributed by atoms with E-state index in [4.69, 9.17) is 9.88 Å². The van der Waals surface area contributed by atoms with Crippen LogP contribution in [0.4, 0.5) is 23.1 Å². The third-order valence-electron chi connectivity index (χ3n) is 7.23. The van der Waals surface area contributed by atoms with E-state index >= 15 is 0 Å². The zero-order chi connectivity index (χ0) is 26.8. The molecule has 0 saturated carbocycles. The molecule has 0 radical (unpaired) electrons. The predicted molar refractivity (Wildman–Crippen MR) is 142 cm³/mol. The summed E-state index contributed by atoms with van der Waals surface area (Å²) in [5, 5.41) is 11.4. The van der Waals surface area contributed by atoms with Crippen molar-refractivity contribution in [2.75, 3.05) is 28.6 Å². The van der Waals surface area contributed by atoms with Crippen molar-refractivity contribution in [3.8, 4) is 17.0 Å². The van der Waals surface area contributed by atoms with Gasteiger partial charge >= 0.3 is 0 Å². The number of anilines is 4. The Kier molecular flexibility index (Phi) is 5.56. The molecule has 0 aliphatic carbocycles. The summed E-state index contributed by atoms with van der Waals surface area (Å²) in [4.78, 5) is 27.7. The Morgan fingerprint density at radius 3 is 2.68 bits per heavy atom. The molecule has 2 bridgehead atoms. The van der Waals surface area contributed by atoms with Gasteiger partial charge < -0.3 is 20.3 Å². The number of amides is 1. The molecule has 6 rings (SSSR count). The van der Waals surface area contributed by atoms with Gasteiger partial charge in [0.05, 0.1) is 5.69 Å². The largest absolute Gasteiger partial charge is 0.474 e. The molecular formula is C25H28N8O4S. The summed E-state index contributed by atoms with van der Waals surface area (Å²) >= 11 is 0. The van der Waals surface area contributed by atoms with E-state index in [9.17, 15) is 13.2 Å². The zero-order valence-electron chi connectivity index (χ0n) is 21.2. The summed E-state index contributed by atoms with van der Waals surface area (Å²) in [7, 11) is -3.67. The molecule has 38 heavy (non-hydrogen) atoms. The number of ether oxygens (including phenoxy) is 1. The number of aromatic nitrogens is 3. The van der Waals surface area contributed by atoms with E-state index < -0.39 is 15.8 Å². The lowest BCUT2D eigenvalue weighted by atomic mass is 10.1. The average Bonchev–Trinajstić information content (AvgIpc) is 3.46. The first-order chi connectivity index (χ1) is 18.0. The minimum Gasteiger partial charge on any atom is -0.474 e. The zero-order valence-corrected chi connectivity index (χ0v) is 22.0.